The van der Waals surface area contributed by atoms with Gasteiger partial charge < -0.3 is 9.47 Å². The van der Waals surface area contributed by atoms with Crippen molar-refractivity contribution >= 4 is 5.97 Å². The SMILES string of the molecule is CCOC(=O)[C@H]1C[C@@H](OCC)CN1C. The quantitative estimate of drug-likeness (QED) is 0.626. The van der Waals surface area contributed by atoms with Crippen molar-refractivity contribution in [2.75, 3.05) is 26.8 Å². The average Bonchev–Trinajstić information content (AvgIpc) is 2.48. The third kappa shape index (κ3) is 2.69. The summed E-state index contributed by atoms with van der Waals surface area (Å²) in [6.07, 6.45) is 0.933. The maximum atomic E-state index is 11.5. The van der Waals surface area contributed by atoms with Gasteiger partial charge in [-0.15, -0.1) is 0 Å². The zero-order valence-corrected chi connectivity index (χ0v) is 9.16. The van der Waals surface area contributed by atoms with Crippen LogP contribution in [-0.2, 0) is 14.3 Å². The Hall–Kier alpha value is -0.610. The molecular weight excluding hydrogens is 182 g/mol. The van der Waals surface area contributed by atoms with Crippen LogP contribution in [0.2, 0.25) is 0 Å². The summed E-state index contributed by atoms with van der Waals surface area (Å²) in [6.45, 7) is 5.76. The van der Waals surface area contributed by atoms with E-state index in [9.17, 15) is 4.79 Å². The van der Waals surface area contributed by atoms with E-state index in [2.05, 4.69) is 0 Å². The number of ether oxygens (including phenoxy) is 2. The standard InChI is InChI=1S/C10H19NO3/c1-4-13-8-6-9(11(3)7-8)10(12)14-5-2/h8-9H,4-7H2,1-3H3/t8-,9-/m1/s1. The maximum absolute atomic E-state index is 11.5. The highest BCUT2D eigenvalue weighted by Gasteiger charge is 2.35. The third-order valence-corrected chi connectivity index (χ3v) is 2.47. The van der Waals surface area contributed by atoms with Gasteiger partial charge in [0.1, 0.15) is 6.04 Å². The van der Waals surface area contributed by atoms with Gasteiger partial charge in [0.25, 0.3) is 0 Å². The number of likely N-dealkylation sites (N-methyl/N-ethyl adjacent to an activating group) is 1. The molecule has 1 fully saturated rings. The lowest BCUT2D eigenvalue weighted by atomic mass is 10.2. The van der Waals surface area contributed by atoms with Crippen molar-refractivity contribution in [3.05, 3.63) is 0 Å². The molecule has 0 N–H and O–H groups in total. The van der Waals surface area contributed by atoms with E-state index in [-0.39, 0.29) is 18.1 Å². The first-order valence-corrected chi connectivity index (χ1v) is 5.17. The van der Waals surface area contributed by atoms with Gasteiger partial charge in [0.2, 0.25) is 0 Å². The fraction of sp³-hybridized carbons (Fsp3) is 0.900. The van der Waals surface area contributed by atoms with E-state index in [0.29, 0.717) is 13.2 Å². The Labute approximate surface area is 85.2 Å². The molecule has 2 atom stereocenters. The lowest BCUT2D eigenvalue weighted by Gasteiger charge is -2.16. The van der Waals surface area contributed by atoms with Crippen LogP contribution >= 0.6 is 0 Å². The molecular formula is C10H19NO3. The summed E-state index contributed by atoms with van der Waals surface area (Å²) in [7, 11) is 1.93. The van der Waals surface area contributed by atoms with E-state index in [0.717, 1.165) is 13.0 Å². The zero-order valence-electron chi connectivity index (χ0n) is 9.16. The van der Waals surface area contributed by atoms with Crippen molar-refractivity contribution < 1.29 is 14.3 Å². The molecule has 1 aliphatic rings. The Balaban J connectivity index is 2.43. The predicted molar refractivity (Wildman–Crippen MR) is 53.1 cm³/mol. The lowest BCUT2D eigenvalue weighted by Crippen LogP contribution is -2.34. The molecule has 0 unspecified atom stereocenters. The zero-order chi connectivity index (χ0) is 10.6. The molecule has 4 heteroatoms. The van der Waals surface area contributed by atoms with Gasteiger partial charge in [-0.2, -0.15) is 0 Å². The number of rotatable bonds is 4. The number of nitrogens with zero attached hydrogens (tertiary/aromatic N) is 1. The van der Waals surface area contributed by atoms with Gasteiger partial charge in [0.15, 0.2) is 0 Å². The Kier molecular flexibility index (Phi) is 4.35. The second-order valence-corrected chi connectivity index (χ2v) is 3.52. The van der Waals surface area contributed by atoms with Crippen molar-refractivity contribution in [1.82, 2.24) is 4.90 Å². The van der Waals surface area contributed by atoms with Crippen LogP contribution in [0.3, 0.4) is 0 Å². The van der Waals surface area contributed by atoms with Gasteiger partial charge in [0, 0.05) is 19.6 Å². The molecule has 0 aliphatic carbocycles. The summed E-state index contributed by atoms with van der Waals surface area (Å²) in [5.41, 5.74) is 0. The predicted octanol–water partition coefficient (Wildman–Crippen LogP) is 0.659. The molecule has 4 nitrogen and oxygen atoms in total. The summed E-state index contributed by atoms with van der Waals surface area (Å²) >= 11 is 0. The molecule has 0 amide bonds. The average molecular weight is 201 g/mol. The highest BCUT2D eigenvalue weighted by Crippen LogP contribution is 2.19. The fourth-order valence-corrected chi connectivity index (χ4v) is 1.82. The molecule has 0 radical (unpaired) electrons. The number of hydrogen-bond acceptors (Lipinski definition) is 4. The fourth-order valence-electron chi connectivity index (χ4n) is 1.82. The minimum Gasteiger partial charge on any atom is -0.465 e. The number of hydrogen-bond donors (Lipinski definition) is 0. The summed E-state index contributed by atoms with van der Waals surface area (Å²) in [4.78, 5) is 13.5. The van der Waals surface area contributed by atoms with Crippen LogP contribution in [0.5, 0.6) is 0 Å². The number of carbonyl (C=O) groups excluding carboxylic acids is 1. The molecule has 0 aromatic carbocycles. The molecule has 0 spiro atoms. The molecule has 0 aromatic heterocycles. The van der Waals surface area contributed by atoms with Crippen LogP contribution in [0, 0.1) is 0 Å². The largest absolute Gasteiger partial charge is 0.465 e. The molecule has 1 saturated heterocycles. The summed E-state index contributed by atoms with van der Waals surface area (Å²) in [6, 6.07) is -0.119. The van der Waals surface area contributed by atoms with Crippen LogP contribution in [-0.4, -0.2) is 49.8 Å². The summed E-state index contributed by atoms with van der Waals surface area (Å²) < 4.78 is 10.5. The molecule has 0 saturated carbocycles. The first kappa shape index (κ1) is 11.5. The summed E-state index contributed by atoms with van der Waals surface area (Å²) in [5.74, 6) is -0.128. The molecule has 82 valence electrons. The van der Waals surface area contributed by atoms with Crippen LogP contribution in [0.1, 0.15) is 20.3 Å². The van der Waals surface area contributed by atoms with E-state index < -0.39 is 0 Å². The van der Waals surface area contributed by atoms with Crippen molar-refractivity contribution in [3.8, 4) is 0 Å². The molecule has 0 bridgehead atoms. The minimum absolute atomic E-state index is 0.119. The third-order valence-electron chi connectivity index (χ3n) is 2.47. The highest BCUT2D eigenvalue weighted by atomic mass is 16.5. The normalized spacial score (nSPS) is 27.9. The van der Waals surface area contributed by atoms with E-state index in [1.54, 1.807) is 0 Å². The second-order valence-electron chi connectivity index (χ2n) is 3.52. The van der Waals surface area contributed by atoms with Gasteiger partial charge in [-0.25, -0.2) is 0 Å². The smallest absolute Gasteiger partial charge is 0.323 e. The van der Waals surface area contributed by atoms with E-state index in [1.165, 1.54) is 0 Å². The first-order valence-electron chi connectivity index (χ1n) is 5.17. The van der Waals surface area contributed by atoms with Crippen molar-refractivity contribution in [2.24, 2.45) is 0 Å². The number of likely N-dealkylation sites (tertiary alicyclic amines) is 1. The van der Waals surface area contributed by atoms with E-state index in [1.807, 2.05) is 25.8 Å². The van der Waals surface area contributed by atoms with Gasteiger partial charge in [-0.3, -0.25) is 9.69 Å². The Morgan fingerprint density at radius 3 is 2.71 bits per heavy atom. The minimum atomic E-state index is -0.128. The van der Waals surface area contributed by atoms with Gasteiger partial charge >= 0.3 is 5.97 Å². The monoisotopic (exact) mass is 201 g/mol. The van der Waals surface area contributed by atoms with Gasteiger partial charge in [-0.05, 0) is 20.9 Å². The molecule has 0 aromatic rings. The second kappa shape index (κ2) is 5.32. The Morgan fingerprint density at radius 2 is 2.14 bits per heavy atom. The van der Waals surface area contributed by atoms with E-state index >= 15 is 0 Å². The first-order chi connectivity index (χ1) is 6.69. The molecule has 1 heterocycles. The molecule has 14 heavy (non-hydrogen) atoms. The maximum Gasteiger partial charge on any atom is 0.323 e. The van der Waals surface area contributed by atoms with Crippen LogP contribution in [0.4, 0.5) is 0 Å². The molecule has 1 rings (SSSR count). The van der Waals surface area contributed by atoms with Crippen molar-refractivity contribution in [2.45, 2.75) is 32.4 Å². The van der Waals surface area contributed by atoms with Crippen molar-refractivity contribution in [1.29, 1.82) is 0 Å². The lowest BCUT2D eigenvalue weighted by molar-refractivity contribution is -0.148. The topological polar surface area (TPSA) is 38.8 Å². The van der Waals surface area contributed by atoms with Crippen molar-refractivity contribution in [3.63, 3.8) is 0 Å². The Bertz CT molecular complexity index is 196. The van der Waals surface area contributed by atoms with Crippen LogP contribution < -0.4 is 0 Å². The summed E-state index contributed by atoms with van der Waals surface area (Å²) in [5, 5.41) is 0. The highest BCUT2D eigenvalue weighted by molar-refractivity contribution is 5.76. The van der Waals surface area contributed by atoms with Gasteiger partial charge in [0.05, 0.1) is 12.7 Å². The molecule has 1 aliphatic heterocycles. The Morgan fingerprint density at radius 1 is 1.43 bits per heavy atom. The number of esters is 1. The van der Waals surface area contributed by atoms with Crippen LogP contribution in [0.15, 0.2) is 0 Å². The van der Waals surface area contributed by atoms with E-state index in [4.69, 9.17) is 9.47 Å². The van der Waals surface area contributed by atoms with Gasteiger partial charge in [-0.1, -0.05) is 0 Å². The number of carbonyl (C=O) groups is 1. The van der Waals surface area contributed by atoms with Crippen LogP contribution in [0.25, 0.3) is 0 Å².